The lowest BCUT2D eigenvalue weighted by molar-refractivity contribution is 0.219. The average molecular weight is 281 g/mol. The summed E-state index contributed by atoms with van der Waals surface area (Å²) >= 11 is 0. The number of nitrogens with zero attached hydrogens (tertiary/aromatic N) is 4. The van der Waals surface area contributed by atoms with Crippen molar-refractivity contribution < 1.29 is 4.39 Å². The molecule has 2 heterocycles. The van der Waals surface area contributed by atoms with Crippen LogP contribution in [-0.4, -0.2) is 54.6 Å². The molecule has 1 saturated heterocycles. The molecule has 0 bridgehead atoms. The van der Waals surface area contributed by atoms with Gasteiger partial charge in [0.1, 0.15) is 0 Å². The first kappa shape index (κ1) is 15.0. The van der Waals surface area contributed by atoms with Gasteiger partial charge >= 0.3 is 0 Å². The van der Waals surface area contributed by atoms with E-state index >= 15 is 0 Å². The highest BCUT2D eigenvalue weighted by molar-refractivity contribution is 5.42. The number of rotatable bonds is 5. The molecule has 0 unspecified atom stereocenters. The smallest absolute Gasteiger partial charge is 0.225 e. The van der Waals surface area contributed by atoms with Gasteiger partial charge in [0.25, 0.3) is 0 Å². The van der Waals surface area contributed by atoms with Crippen LogP contribution in [0, 0.1) is 5.82 Å². The van der Waals surface area contributed by atoms with Gasteiger partial charge in [0.05, 0.1) is 6.20 Å². The van der Waals surface area contributed by atoms with E-state index in [-0.39, 0.29) is 0 Å². The van der Waals surface area contributed by atoms with Crippen molar-refractivity contribution in [1.82, 2.24) is 14.9 Å². The van der Waals surface area contributed by atoms with Gasteiger partial charge in [-0.05, 0) is 25.8 Å². The number of aromatic nitrogens is 2. The van der Waals surface area contributed by atoms with Gasteiger partial charge in [-0.25, -0.2) is 9.37 Å². The Hall–Kier alpha value is -1.43. The van der Waals surface area contributed by atoms with Gasteiger partial charge in [0.2, 0.25) is 5.95 Å². The Morgan fingerprint density at radius 3 is 2.70 bits per heavy atom. The van der Waals surface area contributed by atoms with E-state index in [1.807, 2.05) is 0 Å². The first-order valence-electron chi connectivity index (χ1n) is 7.29. The fourth-order valence-electron chi connectivity index (χ4n) is 2.54. The number of anilines is 2. The van der Waals surface area contributed by atoms with Crippen molar-refractivity contribution in [3.63, 3.8) is 0 Å². The number of likely N-dealkylation sites (tertiary alicyclic amines) is 1. The van der Waals surface area contributed by atoms with Crippen molar-refractivity contribution in [2.75, 3.05) is 43.9 Å². The van der Waals surface area contributed by atoms with Gasteiger partial charge in [0, 0.05) is 33.2 Å². The van der Waals surface area contributed by atoms with Crippen molar-refractivity contribution in [1.29, 1.82) is 0 Å². The molecule has 0 radical (unpaired) electrons. The van der Waals surface area contributed by atoms with Crippen molar-refractivity contribution in [2.45, 2.75) is 32.2 Å². The summed E-state index contributed by atoms with van der Waals surface area (Å²) in [7, 11) is 3.55. The summed E-state index contributed by atoms with van der Waals surface area (Å²) in [5.41, 5.74) is 0. The molecule has 1 aromatic rings. The van der Waals surface area contributed by atoms with E-state index in [0.717, 1.165) is 25.9 Å². The number of piperidine rings is 1. The molecule has 0 amide bonds. The van der Waals surface area contributed by atoms with Crippen LogP contribution in [0.15, 0.2) is 6.20 Å². The largest absolute Gasteiger partial charge is 0.360 e. The van der Waals surface area contributed by atoms with Crippen molar-refractivity contribution in [3.8, 4) is 0 Å². The Morgan fingerprint density at radius 1 is 1.40 bits per heavy atom. The molecule has 20 heavy (non-hydrogen) atoms. The lowest BCUT2D eigenvalue weighted by Crippen LogP contribution is -2.39. The molecule has 0 saturated carbocycles. The number of halogens is 1. The van der Waals surface area contributed by atoms with E-state index < -0.39 is 5.82 Å². The number of hydrogen-bond acceptors (Lipinski definition) is 5. The quantitative estimate of drug-likeness (QED) is 0.894. The first-order chi connectivity index (χ1) is 9.60. The Morgan fingerprint density at radius 2 is 2.10 bits per heavy atom. The topological polar surface area (TPSA) is 44.3 Å². The van der Waals surface area contributed by atoms with Crippen LogP contribution in [-0.2, 0) is 0 Å². The molecule has 0 aromatic carbocycles. The van der Waals surface area contributed by atoms with Crippen molar-refractivity contribution in [3.05, 3.63) is 12.0 Å². The second kappa shape index (κ2) is 6.83. The van der Waals surface area contributed by atoms with Gasteiger partial charge in [-0.2, -0.15) is 4.98 Å². The highest BCUT2D eigenvalue weighted by Gasteiger charge is 2.19. The van der Waals surface area contributed by atoms with Crippen LogP contribution in [0.1, 0.15) is 26.2 Å². The van der Waals surface area contributed by atoms with Gasteiger partial charge in [-0.1, -0.05) is 6.92 Å². The van der Waals surface area contributed by atoms with Gasteiger partial charge in [-0.3, -0.25) is 0 Å². The Labute approximate surface area is 120 Å². The molecule has 1 aromatic heterocycles. The van der Waals surface area contributed by atoms with Crippen LogP contribution < -0.4 is 10.2 Å². The summed E-state index contributed by atoms with van der Waals surface area (Å²) < 4.78 is 13.5. The van der Waals surface area contributed by atoms with Crippen LogP contribution >= 0.6 is 0 Å². The van der Waals surface area contributed by atoms with Gasteiger partial charge in [0.15, 0.2) is 11.6 Å². The summed E-state index contributed by atoms with van der Waals surface area (Å²) in [4.78, 5) is 12.4. The van der Waals surface area contributed by atoms with E-state index in [9.17, 15) is 4.39 Å². The number of nitrogens with one attached hydrogen (secondary N) is 1. The molecule has 1 aliphatic rings. The lowest BCUT2D eigenvalue weighted by atomic mass is 10.1. The minimum absolute atomic E-state index is 0.325. The molecular weight excluding hydrogens is 257 g/mol. The molecule has 2 rings (SSSR count). The van der Waals surface area contributed by atoms with E-state index in [1.54, 1.807) is 19.0 Å². The molecular formula is C14H24FN5. The van der Waals surface area contributed by atoms with Crippen molar-refractivity contribution in [2.24, 2.45) is 0 Å². The Kier molecular flexibility index (Phi) is 5.11. The summed E-state index contributed by atoms with van der Waals surface area (Å²) in [5, 5.41) is 3.32. The van der Waals surface area contributed by atoms with E-state index in [2.05, 4.69) is 27.1 Å². The van der Waals surface area contributed by atoms with E-state index in [0.29, 0.717) is 17.8 Å². The van der Waals surface area contributed by atoms with Crippen LogP contribution in [0.5, 0.6) is 0 Å². The average Bonchev–Trinajstić information content (AvgIpc) is 2.43. The number of hydrogen-bond donors (Lipinski definition) is 1. The second-order valence-electron chi connectivity index (χ2n) is 5.52. The maximum atomic E-state index is 13.5. The molecule has 1 fully saturated rings. The van der Waals surface area contributed by atoms with Crippen LogP contribution in [0.25, 0.3) is 0 Å². The molecule has 0 aliphatic carbocycles. The van der Waals surface area contributed by atoms with E-state index in [4.69, 9.17) is 0 Å². The van der Waals surface area contributed by atoms with Crippen LogP contribution in [0.4, 0.5) is 16.2 Å². The Bertz CT molecular complexity index is 430. The summed E-state index contributed by atoms with van der Waals surface area (Å²) in [6, 6.07) is 0.378. The zero-order valence-corrected chi connectivity index (χ0v) is 12.6. The highest BCUT2D eigenvalue weighted by atomic mass is 19.1. The van der Waals surface area contributed by atoms with Crippen LogP contribution in [0.3, 0.4) is 0 Å². The van der Waals surface area contributed by atoms with Crippen molar-refractivity contribution >= 4 is 11.8 Å². The summed E-state index contributed by atoms with van der Waals surface area (Å²) in [5.74, 6) is 0.452. The predicted octanol–water partition coefficient (Wildman–Crippen LogP) is 1.97. The fraction of sp³-hybridized carbons (Fsp3) is 0.714. The molecule has 112 valence electrons. The minimum Gasteiger partial charge on any atom is -0.360 e. The SMILES string of the molecule is CCCN1CCC(Nc2ncc(F)c(N(C)C)n2)CC1. The lowest BCUT2D eigenvalue weighted by Gasteiger charge is -2.32. The maximum absolute atomic E-state index is 13.5. The third kappa shape index (κ3) is 3.79. The predicted molar refractivity (Wildman–Crippen MR) is 79.7 cm³/mol. The van der Waals surface area contributed by atoms with Crippen LogP contribution in [0.2, 0.25) is 0 Å². The molecule has 5 nitrogen and oxygen atoms in total. The molecule has 6 heteroatoms. The fourth-order valence-corrected chi connectivity index (χ4v) is 2.54. The third-order valence-electron chi connectivity index (χ3n) is 3.61. The summed E-state index contributed by atoms with van der Waals surface area (Å²) in [6.07, 6.45) is 4.60. The van der Waals surface area contributed by atoms with Gasteiger partial charge < -0.3 is 15.1 Å². The standard InChI is InChI=1S/C14H24FN5/c1-4-7-20-8-5-11(6-9-20)17-14-16-10-12(15)13(18-14)19(2)3/h10-11H,4-9H2,1-3H3,(H,16,17,18). The van der Waals surface area contributed by atoms with Gasteiger partial charge in [-0.15, -0.1) is 0 Å². The molecule has 0 spiro atoms. The maximum Gasteiger partial charge on any atom is 0.225 e. The molecule has 1 aliphatic heterocycles. The molecule has 0 atom stereocenters. The monoisotopic (exact) mass is 281 g/mol. The van der Waals surface area contributed by atoms with E-state index in [1.165, 1.54) is 19.2 Å². The minimum atomic E-state index is -0.390. The molecule has 1 N–H and O–H groups in total. The highest BCUT2D eigenvalue weighted by Crippen LogP contribution is 2.18. The normalized spacial score (nSPS) is 17.2. The third-order valence-corrected chi connectivity index (χ3v) is 3.61. The summed E-state index contributed by atoms with van der Waals surface area (Å²) in [6.45, 7) is 5.59. The zero-order chi connectivity index (χ0) is 14.5. The first-order valence-corrected chi connectivity index (χ1v) is 7.29. The Balaban J connectivity index is 1.93. The zero-order valence-electron chi connectivity index (χ0n) is 12.6. The second-order valence-corrected chi connectivity index (χ2v) is 5.52.